The van der Waals surface area contributed by atoms with E-state index in [1.165, 1.54) is 12.1 Å². The highest BCUT2D eigenvalue weighted by Gasteiger charge is 2.31. The normalized spacial score (nSPS) is 17.9. The molecule has 0 spiro atoms. The van der Waals surface area contributed by atoms with Crippen molar-refractivity contribution in [1.29, 1.82) is 0 Å². The van der Waals surface area contributed by atoms with Gasteiger partial charge in [0.05, 0.1) is 11.4 Å². The number of halogens is 2. The van der Waals surface area contributed by atoms with Crippen LogP contribution in [0.25, 0.3) is 0 Å². The van der Waals surface area contributed by atoms with Crippen LogP contribution < -0.4 is 16.0 Å². The van der Waals surface area contributed by atoms with Crippen LogP contribution in [0, 0.1) is 5.82 Å². The highest BCUT2D eigenvalue weighted by molar-refractivity contribution is 6.31. The van der Waals surface area contributed by atoms with Gasteiger partial charge in [0.2, 0.25) is 5.91 Å². The topological polar surface area (TPSA) is 87.3 Å². The lowest BCUT2D eigenvalue weighted by atomic mass is 10.2. The first-order valence-corrected chi connectivity index (χ1v) is 5.70. The second kappa shape index (κ2) is 5.23. The van der Waals surface area contributed by atoms with Crippen LogP contribution in [0.15, 0.2) is 18.2 Å². The van der Waals surface area contributed by atoms with Gasteiger partial charge in [-0.2, -0.15) is 0 Å². The Bertz CT molecular complexity index is 564. The maximum Gasteiger partial charge on any atom is 0.322 e. The predicted molar refractivity (Wildman–Crippen MR) is 65.1 cm³/mol. The van der Waals surface area contributed by atoms with Crippen LogP contribution in [0.1, 0.15) is 6.42 Å². The number of benzene rings is 1. The molecule has 1 saturated heterocycles. The van der Waals surface area contributed by atoms with Crippen LogP contribution in [-0.4, -0.2) is 23.9 Å². The molecule has 3 N–H and O–H groups in total. The summed E-state index contributed by atoms with van der Waals surface area (Å²) in [4.78, 5) is 33.7. The number of carbonyl (C=O) groups excluding carboxylic acids is 3. The second-order valence-corrected chi connectivity index (χ2v) is 4.30. The molecule has 2 rings (SSSR count). The van der Waals surface area contributed by atoms with Crippen LogP contribution in [0.3, 0.4) is 0 Å². The highest BCUT2D eigenvalue weighted by Crippen LogP contribution is 2.19. The van der Waals surface area contributed by atoms with Crippen LogP contribution in [0.4, 0.5) is 14.9 Å². The molecule has 0 aliphatic carbocycles. The van der Waals surface area contributed by atoms with Crippen molar-refractivity contribution in [2.75, 3.05) is 5.32 Å². The molecule has 100 valence electrons. The fourth-order valence-electron chi connectivity index (χ4n) is 1.57. The predicted octanol–water partition coefficient (Wildman–Crippen LogP) is 1.02. The first kappa shape index (κ1) is 13.3. The lowest BCUT2D eigenvalue weighted by Gasteiger charge is -2.08. The third-order valence-electron chi connectivity index (χ3n) is 2.45. The van der Waals surface area contributed by atoms with Crippen molar-refractivity contribution >= 4 is 35.1 Å². The van der Waals surface area contributed by atoms with Gasteiger partial charge in [-0.25, -0.2) is 9.18 Å². The molecule has 1 aliphatic rings. The summed E-state index contributed by atoms with van der Waals surface area (Å²) in [7, 11) is 0. The van der Waals surface area contributed by atoms with Crippen molar-refractivity contribution in [2.24, 2.45) is 0 Å². The SMILES string of the molecule is O=C(CC1NC(=O)NC1=O)Nc1ccc(F)c(Cl)c1. The van der Waals surface area contributed by atoms with E-state index >= 15 is 0 Å². The number of imide groups is 1. The number of rotatable bonds is 3. The van der Waals surface area contributed by atoms with Gasteiger partial charge >= 0.3 is 6.03 Å². The third kappa shape index (κ3) is 3.19. The molecule has 1 atom stereocenters. The summed E-state index contributed by atoms with van der Waals surface area (Å²) in [6, 6.07) is 2.17. The Morgan fingerprint density at radius 2 is 2.16 bits per heavy atom. The van der Waals surface area contributed by atoms with E-state index < -0.39 is 29.7 Å². The summed E-state index contributed by atoms with van der Waals surface area (Å²) in [6.45, 7) is 0. The number of hydrogen-bond donors (Lipinski definition) is 3. The molecule has 1 unspecified atom stereocenters. The Labute approximate surface area is 112 Å². The average Bonchev–Trinajstić information content (AvgIpc) is 2.62. The molecular formula is C11H9ClFN3O3. The molecule has 0 saturated carbocycles. The monoisotopic (exact) mass is 285 g/mol. The van der Waals surface area contributed by atoms with Gasteiger partial charge in [0.15, 0.2) is 0 Å². The van der Waals surface area contributed by atoms with Crippen LogP contribution in [0.5, 0.6) is 0 Å². The molecule has 0 bridgehead atoms. The van der Waals surface area contributed by atoms with E-state index in [-0.39, 0.29) is 11.4 Å². The van der Waals surface area contributed by atoms with Gasteiger partial charge in [0.1, 0.15) is 11.9 Å². The van der Waals surface area contributed by atoms with Crippen molar-refractivity contribution in [1.82, 2.24) is 10.6 Å². The molecule has 1 fully saturated rings. The van der Waals surface area contributed by atoms with Gasteiger partial charge in [0, 0.05) is 5.69 Å². The number of urea groups is 1. The Morgan fingerprint density at radius 1 is 1.42 bits per heavy atom. The highest BCUT2D eigenvalue weighted by atomic mass is 35.5. The minimum absolute atomic E-state index is 0.121. The number of carbonyl (C=O) groups is 3. The standard InChI is InChI=1S/C11H9ClFN3O3/c12-6-3-5(1-2-7(6)13)14-9(17)4-8-10(18)16-11(19)15-8/h1-3,8H,4H2,(H,14,17)(H2,15,16,18,19). The van der Waals surface area contributed by atoms with Crippen molar-refractivity contribution in [3.05, 3.63) is 29.0 Å². The molecule has 0 radical (unpaired) electrons. The van der Waals surface area contributed by atoms with Crippen molar-refractivity contribution in [2.45, 2.75) is 12.5 Å². The number of anilines is 1. The van der Waals surface area contributed by atoms with Gasteiger partial charge < -0.3 is 10.6 Å². The fraction of sp³-hybridized carbons (Fsp3) is 0.182. The van der Waals surface area contributed by atoms with Gasteiger partial charge in [-0.15, -0.1) is 0 Å². The maximum absolute atomic E-state index is 12.9. The zero-order valence-corrected chi connectivity index (χ0v) is 10.3. The summed E-state index contributed by atoms with van der Waals surface area (Å²) >= 11 is 5.56. The van der Waals surface area contributed by atoms with Crippen LogP contribution in [0.2, 0.25) is 5.02 Å². The molecule has 8 heteroatoms. The van der Waals surface area contributed by atoms with E-state index in [4.69, 9.17) is 11.6 Å². The first-order chi connectivity index (χ1) is 8.95. The molecule has 19 heavy (non-hydrogen) atoms. The quantitative estimate of drug-likeness (QED) is 0.725. The lowest BCUT2D eigenvalue weighted by Crippen LogP contribution is -2.33. The van der Waals surface area contributed by atoms with E-state index in [1.807, 2.05) is 5.32 Å². The molecule has 6 nitrogen and oxygen atoms in total. The van der Waals surface area contributed by atoms with Crippen molar-refractivity contribution in [3.63, 3.8) is 0 Å². The lowest BCUT2D eigenvalue weighted by molar-refractivity contribution is -0.124. The molecule has 1 heterocycles. The molecule has 1 aromatic carbocycles. The number of amides is 4. The minimum atomic E-state index is -0.900. The largest absolute Gasteiger partial charge is 0.326 e. The van der Waals surface area contributed by atoms with Crippen molar-refractivity contribution in [3.8, 4) is 0 Å². The molecule has 0 aromatic heterocycles. The van der Waals surface area contributed by atoms with Gasteiger partial charge in [-0.05, 0) is 18.2 Å². The fourth-order valence-corrected chi connectivity index (χ4v) is 1.75. The number of hydrogen-bond acceptors (Lipinski definition) is 3. The number of nitrogens with one attached hydrogen (secondary N) is 3. The Balaban J connectivity index is 1.96. The average molecular weight is 286 g/mol. The smallest absolute Gasteiger partial charge is 0.322 e. The summed E-state index contributed by atoms with van der Waals surface area (Å²) in [6.07, 6.45) is -0.216. The van der Waals surface area contributed by atoms with E-state index in [0.29, 0.717) is 5.69 Å². The molecule has 4 amide bonds. The zero-order chi connectivity index (χ0) is 14.0. The van der Waals surface area contributed by atoms with E-state index in [1.54, 1.807) is 0 Å². The molecule has 1 aliphatic heterocycles. The molecular weight excluding hydrogens is 277 g/mol. The second-order valence-electron chi connectivity index (χ2n) is 3.90. The summed E-state index contributed by atoms with van der Waals surface area (Å²) in [5.74, 6) is -1.65. The third-order valence-corrected chi connectivity index (χ3v) is 2.74. The summed E-state index contributed by atoms with van der Waals surface area (Å²) in [5.41, 5.74) is 0.307. The maximum atomic E-state index is 12.9. The van der Waals surface area contributed by atoms with Gasteiger partial charge in [-0.3, -0.25) is 14.9 Å². The van der Waals surface area contributed by atoms with Gasteiger partial charge in [0.25, 0.3) is 5.91 Å². The van der Waals surface area contributed by atoms with E-state index in [9.17, 15) is 18.8 Å². The Hall–Kier alpha value is -2.15. The first-order valence-electron chi connectivity index (χ1n) is 5.32. The summed E-state index contributed by atoms with van der Waals surface area (Å²) in [5, 5.41) is 6.64. The minimum Gasteiger partial charge on any atom is -0.326 e. The zero-order valence-electron chi connectivity index (χ0n) is 9.50. The summed E-state index contributed by atoms with van der Waals surface area (Å²) < 4.78 is 12.9. The van der Waals surface area contributed by atoms with Crippen molar-refractivity contribution < 1.29 is 18.8 Å². The van der Waals surface area contributed by atoms with E-state index in [2.05, 4.69) is 10.6 Å². The Morgan fingerprint density at radius 3 is 2.74 bits per heavy atom. The molecule has 1 aromatic rings. The Kier molecular flexibility index (Phi) is 3.66. The van der Waals surface area contributed by atoms with Crippen LogP contribution in [-0.2, 0) is 9.59 Å². The van der Waals surface area contributed by atoms with Crippen LogP contribution >= 0.6 is 11.6 Å². The van der Waals surface area contributed by atoms with E-state index in [0.717, 1.165) is 6.07 Å². The van der Waals surface area contributed by atoms with Gasteiger partial charge in [-0.1, -0.05) is 11.6 Å².